The molecule has 4 nitrogen and oxygen atoms in total. The van der Waals surface area contributed by atoms with Crippen LogP contribution in [0, 0.1) is 11.8 Å². The van der Waals surface area contributed by atoms with E-state index in [2.05, 4.69) is 40.1 Å². The normalized spacial score (nSPS) is 25.0. The van der Waals surface area contributed by atoms with Crippen molar-refractivity contribution in [3.8, 4) is 0 Å². The molecule has 2 aliphatic heterocycles. The van der Waals surface area contributed by atoms with Gasteiger partial charge in [-0.15, -0.1) is 0 Å². The fourth-order valence-electron chi connectivity index (χ4n) is 5.07. The van der Waals surface area contributed by atoms with E-state index < -0.39 is 0 Å². The van der Waals surface area contributed by atoms with Crippen LogP contribution >= 0.6 is 0 Å². The van der Waals surface area contributed by atoms with E-state index in [9.17, 15) is 4.79 Å². The van der Waals surface area contributed by atoms with Crippen molar-refractivity contribution in [1.82, 2.24) is 14.7 Å². The molecule has 0 aromatic heterocycles. The Morgan fingerprint density at radius 2 is 1.79 bits per heavy atom. The molecule has 0 radical (unpaired) electrons. The molecule has 0 spiro atoms. The standard InChI is InChI=1S/C24H37N3O/c1-25(18-21-9-10-21)24(28)22-8-5-14-27(19-22)23-12-16-26(17-13-23)15-11-20-6-3-2-4-7-20/h2-4,6-7,21-23H,5,8-19H2,1H3/t22-/m1/s1. The van der Waals surface area contributed by atoms with Crippen LogP contribution in [-0.2, 0) is 11.2 Å². The van der Waals surface area contributed by atoms with Crippen LogP contribution in [0.4, 0.5) is 0 Å². The molecule has 4 heteroatoms. The first-order chi connectivity index (χ1) is 13.7. The van der Waals surface area contributed by atoms with E-state index in [1.165, 1.54) is 63.8 Å². The Morgan fingerprint density at radius 3 is 2.50 bits per heavy atom. The highest BCUT2D eigenvalue weighted by Gasteiger charge is 2.34. The predicted octanol–water partition coefficient (Wildman–Crippen LogP) is 3.27. The second kappa shape index (κ2) is 9.41. The van der Waals surface area contributed by atoms with Gasteiger partial charge in [-0.3, -0.25) is 9.69 Å². The monoisotopic (exact) mass is 383 g/mol. The molecule has 3 aliphatic rings. The Morgan fingerprint density at radius 1 is 1.04 bits per heavy atom. The van der Waals surface area contributed by atoms with Gasteiger partial charge in [-0.25, -0.2) is 0 Å². The molecule has 1 aromatic carbocycles. The maximum atomic E-state index is 12.9. The zero-order valence-electron chi connectivity index (χ0n) is 17.6. The van der Waals surface area contributed by atoms with Crippen LogP contribution in [0.3, 0.4) is 0 Å². The third kappa shape index (κ3) is 5.36. The van der Waals surface area contributed by atoms with E-state index in [0.29, 0.717) is 11.9 Å². The van der Waals surface area contributed by atoms with Gasteiger partial charge in [0.15, 0.2) is 0 Å². The van der Waals surface area contributed by atoms with Crippen LogP contribution in [0.5, 0.6) is 0 Å². The average molecular weight is 384 g/mol. The lowest BCUT2D eigenvalue weighted by Crippen LogP contribution is -2.51. The molecule has 0 unspecified atom stereocenters. The molecular weight excluding hydrogens is 346 g/mol. The molecule has 4 rings (SSSR count). The lowest BCUT2D eigenvalue weighted by Gasteiger charge is -2.42. The van der Waals surface area contributed by atoms with Crippen molar-refractivity contribution in [3.63, 3.8) is 0 Å². The first kappa shape index (κ1) is 19.9. The number of carbonyl (C=O) groups is 1. The number of carbonyl (C=O) groups excluding carboxylic acids is 1. The summed E-state index contributed by atoms with van der Waals surface area (Å²) >= 11 is 0. The number of nitrogens with zero attached hydrogens (tertiary/aromatic N) is 3. The third-order valence-corrected chi connectivity index (χ3v) is 7.04. The number of hydrogen-bond donors (Lipinski definition) is 0. The van der Waals surface area contributed by atoms with Gasteiger partial charge in [-0.05, 0) is 76.1 Å². The largest absolute Gasteiger partial charge is 0.345 e. The summed E-state index contributed by atoms with van der Waals surface area (Å²) in [5.41, 5.74) is 1.44. The van der Waals surface area contributed by atoms with Crippen molar-refractivity contribution < 1.29 is 4.79 Å². The maximum absolute atomic E-state index is 12.9. The highest BCUT2D eigenvalue weighted by atomic mass is 16.2. The molecule has 1 atom stereocenters. The zero-order chi connectivity index (χ0) is 19.3. The van der Waals surface area contributed by atoms with Crippen LogP contribution in [0.1, 0.15) is 44.1 Å². The lowest BCUT2D eigenvalue weighted by molar-refractivity contribution is -0.136. The van der Waals surface area contributed by atoms with Gasteiger partial charge in [0.2, 0.25) is 5.91 Å². The molecule has 3 fully saturated rings. The molecular formula is C24H37N3O. The second-order valence-corrected chi connectivity index (χ2v) is 9.30. The van der Waals surface area contributed by atoms with Gasteiger partial charge < -0.3 is 9.80 Å². The van der Waals surface area contributed by atoms with Crippen molar-refractivity contribution in [1.29, 1.82) is 0 Å². The Balaban J connectivity index is 1.21. The topological polar surface area (TPSA) is 26.8 Å². The van der Waals surface area contributed by atoms with Gasteiger partial charge in [-0.1, -0.05) is 30.3 Å². The number of amides is 1. The second-order valence-electron chi connectivity index (χ2n) is 9.30. The van der Waals surface area contributed by atoms with Crippen LogP contribution in [0.2, 0.25) is 0 Å². The van der Waals surface area contributed by atoms with Crippen LogP contribution in [-0.4, -0.2) is 73.0 Å². The van der Waals surface area contributed by atoms with E-state index in [4.69, 9.17) is 0 Å². The number of benzene rings is 1. The Labute approximate surface area is 170 Å². The fraction of sp³-hybridized carbons (Fsp3) is 0.708. The number of piperidine rings is 2. The SMILES string of the molecule is CN(CC1CC1)C(=O)[C@@H]1CCCN(C2CCN(CCc3ccccc3)CC2)C1. The average Bonchev–Trinajstić information content (AvgIpc) is 3.57. The summed E-state index contributed by atoms with van der Waals surface area (Å²) in [7, 11) is 2.02. The minimum Gasteiger partial charge on any atom is -0.345 e. The molecule has 0 bridgehead atoms. The molecule has 1 saturated carbocycles. The molecule has 1 aromatic rings. The predicted molar refractivity (Wildman–Crippen MR) is 114 cm³/mol. The summed E-state index contributed by atoms with van der Waals surface area (Å²) in [5.74, 6) is 1.42. The molecule has 1 aliphatic carbocycles. The van der Waals surface area contributed by atoms with E-state index >= 15 is 0 Å². The molecule has 154 valence electrons. The zero-order valence-corrected chi connectivity index (χ0v) is 17.6. The highest BCUT2D eigenvalue weighted by molar-refractivity contribution is 5.79. The number of hydrogen-bond acceptors (Lipinski definition) is 3. The lowest BCUT2D eigenvalue weighted by atomic mass is 9.92. The summed E-state index contributed by atoms with van der Waals surface area (Å²) in [6.07, 6.45) is 8.57. The van der Waals surface area contributed by atoms with Crippen LogP contribution < -0.4 is 0 Å². The molecule has 1 amide bonds. The van der Waals surface area contributed by atoms with Gasteiger partial charge >= 0.3 is 0 Å². The van der Waals surface area contributed by atoms with Crippen molar-refractivity contribution in [3.05, 3.63) is 35.9 Å². The highest BCUT2D eigenvalue weighted by Crippen LogP contribution is 2.30. The Kier molecular flexibility index (Phi) is 6.69. The van der Waals surface area contributed by atoms with E-state index in [1.54, 1.807) is 0 Å². The summed E-state index contributed by atoms with van der Waals surface area (Å²) in [4.78, 5) is 20.1. The fourth-order valence-corrected chi connectivity index (χ4v) is 5.07. The molecule has 0 N–H and O–H groups in total. The number of likely N-dealkylation sites (tertiary alicyclic amines) is 2. The first-order valence-corrected chi connectivity index (χ1v) is 11.4. The summed E-state index contributed by atoms with van der Waals surface area (Å²) in [6.45, 7) is 6.73. The minimum atomic E-state index is 0.230. The van der Waals surface area contributed by atoms with Gasteiger partial charge in [0.1, 0.15) is 0 Å². The number of rotatable bonds is 7. The van der Waals surface area contributed by atoms with Gasteiger partial charge in [0.05, 0.1) is 5.92 Å². The minimum absolute atomic E-state index is 0.230. The Hall–Kier alpha value is -1.39. The van der Waals surface area contributed by atoms with Crippen LogP contribution in [0.25, 0.3) is 0 Å². The van der Waals surface area contributed by atoms with Gasteiger partial charge in [0.25, 0.3) is 0 Å². The summed E-state index contributed by atoms with van der Waals surface area (Å²) < 4.78 is 0. The molecule has 2 saturated heterocycles. The Bertz CT molecular complexity index is 622. The smallest absolute Gasteiger partial charge is 0.226 e. The first-order valence-electron chi connectivity index (χ1n) is 11.4. The van der Waals surface area contributed by atoms with Crippen molar-refractivity contribution in [2.24, 2.45) is 11.8 Å². The van der Waals surface area contributed by atoms with Crippen molar-refractivity contribution in [2.75, 3.05) is 46.3 Å². The quantitative estimate of drug-likeness (QED) is 0.723. The van der Waals surface area contributed by atoms with E-state index in [0.717, 1.165) is 31.8 Å². The summed E-state index contributed by atoms with van der Waals surface area (Å²) in [5, 5.41) is 0. The van der Waals surface area contributed by atoms with E-state index in [1.807, 2.05) is 11.9 Å². The van der Waals surface area contributed by atoms with Crippen molar-refractivity contribution in [2.45, 2.75) is 51.0 Å². The molecule has 2 heterocycles. The maximum Gasteiger partial charge on any atom is 0.226 e. The van der Waals surface area contributed by atoms with E-state index in [-0.39, 0.29) is 5.92 Å². The van der Waals surface area contributed by atoms with Gasteiger partial charge in [-0.2, -0.15) is 0 Å². The van der Waals surface area contributed by atoms with Crippen LogP contribution in [0.15, 0.2) is 30.3 Å². The van der Waals surface area contributed by atoms with Crippen molar-refractivity contribution >= 4 is 5.91 Å². The molecule has 28 heavy (non-hydrogen) atoms. The van der Waals surface area contributed by atoms with Gasteiger partial charge in [0, 0.05) is 32.7 Å². The summed E-state index contributed by atoms with van der Waals surface area (Å²) in [6, 6.07) is 11.5. The third-order valence-electron chi connectivity index (χ3n) is 7.04.